The standard InChI is InChI=1S/C34H48FN3O6/c1-4-6-21-44-32(40)29(36)16-17-30(39)38-20-9-13-26(23-38)34(42,18-10-19-37-33(41)43-3)27-14-8-15-28(35)31(27)25-12-7-11-24(5-2)22-25/h7-8,11-12,14-15,22,26,29,42H,4-6,9-10,13,16-21,23,36H2,1-3H3,(H,37,41)/t26-,29-,34?/m0/s1. The number of nitrogens with two attached hydrogens (primary N) is 1. The summed E-state index contributed by atoms with van der Waals surface area (Å²) in [4.78, 5) is 38.8. The van der Waals surface area contributed by atoms with E-state index in [1.807, 2.05) is 38.1 Å². The Hall–Kier alpha value is -3.50. The second kappa shape index (κ2) is 17.1. The quantitative estimate of drug-likeness (QED) is 0.189. The largest absolute Gasteiger partial charge is 0.465 e. The van der Waals surface area contributed by atoms with Gasteiger partial charge in [0.05, 0.1) is 19.3 Å². The summed E-state index contributed by atoms with van der Waals surface area (Å²) in [5, 5.41) is 15.2. The number of hydrogen-bond acceptors (Lipinski definition) is 7. The lowest BCUT2D eigenvalue weighted by atomic mass is 9.72. The second-order valence-electron chi connectivity index (χ2n) is 11.5. The molecule has 1 unspecified atom stereocenters. The van der Waals surface area contributed by atoms with E-state index in [1.165, 1.54) is 13.2 Å². The number of carbonyl (C=O) groups excluding carboxylic acids is 3. The lowest BCUT2D eigenvalue weighted by molar-refractivity contribution is -0.145. The van der Waals surface area contributed by atoms with Crippen molar-refractivity contribution in [3.05, 3.63) is 59.4 Å². The topological polar surface area (TPSA) is 131 Å². The number of aliphatic hydroxyl groups is 1. The Morgan fingerprint density at radius 2 is 1.95 bits per heavy atom. The number of ether oxygens (including phenoxy) is 2. The van der Waals surface area contributed by atoms with Gasteiger partial charge in [-0.05, 0) is 67.7 Å². The third-order valence-corrected chi connectivity index (χ3v) is 8.46. The van der Waals surface area contributed by atoms with Crippen LogP contribution in [0.4, 0.5) is 9.18 Å². The zero-order chi connectivity index (χ0) is 32.1. The summed E-state index contributed by atoms with van der Waals surface area (Å²) in [6, 6.07) is 11.5. The fourth-order valence-corrected chi connectivity index (χ4v) is 5.88. The first kappa shape index (κ1) is 35.0. The van der Waals surface area contributed by atoms with Gasteiger partial charge in [-0.2, -0.15) is 0 Å². The summed E-state index contributed by atoms with van der Waals surface area (Å²) in [5.41, 5.74) is 7.00. The van der Waals surface area contributed by atoms with Crippen LogP contribution in [0.3, 0.4) is 0 Å². The maximum atomic E-state index is 15.7. The highest BCUT2D eigenvalue weighted by molar-refractivity contribution is 5.79. The van der Waals surface area contributed by atoms with Gasteiger partial charge in [-0.25, -0.2) is 9.18 Å². The Morgan fingerprint density at radius 3 is 2.68 bits per heavy atom. The number of likely N-dealkylation sites (tertiary alicyclic amines) is 1. The Labute approximate surface area is 260 Å². The minimum atomic E-state index is -1.50. The molecule has 0 spiro atoms. The number of piperidine rings is 1. The monoisotopic (exact) mass is 613 g/mol. The zero-order valence-corrected chi connectivity index (χ0v) is 26.3. The van der Waals surface area contributed by atoms with Crippen molar-refractivity contribution in [1.29, 1.82) is 0 Å². The molecule has 0 saturated carbocycles. The smallest absolute Gasteiger partial charge is 0.406 e. The average Bonchev–Trinajstić information content (AvgIpc) is 3.05. The molecule has 3 rings (SSSR count). The molecule has 4 N–H and O–H groups in total. The van der Waals surface area contributed by atoms with Crippen molar-refractivity contribution in [3.63, 3.8) is 0 Å². The number of alkyl carbamates (subject to hydrolysis) is 1. The summed E-state index contributed by atoms with van der Waals surface area (Å²) < 4.78 is 25.5. The number of nitrogens with one attached hydrogen (secondary N) is 1. The molecule has 0 bridgehead atoms. The van der Waals surface area contributed by atoms with Crippen molar-refractivity contribution in [2.24, 2.45) is 11.7 Å². The molecular formula is C34H48FN3O6. The first-order chi connectivity index (χ1) is 21.1. The molecule has 0 aromatic heterocycles. The molecule has 9 nitrogen and oxygen atoms in total. The first-order valence-corrected chi connectivity index (χ1v) is 15.8. The Morgan fingerprint density at radius 1 is 1.18 bits per heavy atom. The zero-order valence-electron chi connectivity index (χ0n) is 26.3. The van der Waals surface area contributed by atoms with Crippen LogP contribution in [0.5, 0.6) is 0 Å². The van der Waals surface area contributed by atoms with Gasteiger partial charge >= 0.3 is 12.1 Å². The summed E-state index contributed by atoms with van der Waals surface area (Å²) >= 11 is 0. The van der Waals surface area contributed by atoms with Crippen LogP contribution in [-0.4, -0.2) is 67.4 Å². The summed E-state index contributed by atoms with van der Waals surface area (Å²) in [6.07, 6.45) is 4.00. The number of unbranched alkanes of at least 4 members (excludes halogenated alkanes) is 1. The molecule has 2 aromatic carbocycles. The molecule has 0 aliphatic carbocycles. The minimum absolute atomic E-state index is 0.0767. The molecule has 2 aromatic rings. The first-order valence-electron chi connectivity index (χ1n) is 15.8. The van der Waals surface area contributed by atoms with E-state index < -0.39 is 35.4 Å². The number of methoxy groups -OCH3 is 1. The lowest BCUT2D eigenvalue weighted by Gasteiger charge is -2.44. The second-order valence-corrected chi connectivity index (χ2v) is 11.5. The maximum absolute atomic E-state index is 15.7. The van der Waals surface area contributed by atoms with Gasteiger partial charge < -0.3 is 30.5 Å². The van der Waals surface area contributed by atoms with Crippen LogP contribution in [0.2, 0.25) is 0 Å². The molecule has 2 amide bonds. The Bertz CT molecular complexity index is 1260. The summed E-state index contributed by atoms with van der Waals surface area (Å²) in [7, 11) is 1.28. The highest BCUT2D eigenvalue weighted by atomic mass is 19.1. The van der Waals surface area contributed by atoms with Crippen LogP contribution >= 0.6 is 0 Å². The van der Waals surface area contributed by atoms with Crippen molar-refractivity contribution >= 4 is 18.0 Å². The van der Waals surface area contributed by atoms with Crippen LogP contribution in [0.15, 0.2) is 42.5 Å². The van der Waals surface area contributed by atoms with Gasteiger partial charge in [0.2, 0.25) is 5.91 Å². The molecule has 242 valence electrons. The predicted octanol–water partition coefficient (Wildman–Crippen LogP) is 5.07. The lowest BCUT2D eigenvalue weighted by Crippen LogP contribution is -2.49. The van der Waals surface area contributed by atoms with Gasteiger partial charge in [0.1, 0.15) is 11.9 Å². The van der Waals surface area contributed by atoms with E-state index in [2.05, 4.69) is 10.1 Å². The van der Waals surface area contributed by atoms with E-state index in [1.54, 1.807) is 17.0 Å². The predicted molar refractivity (Wildman–Crippen MR) is 167 cm³/mol. The van der Waals surface area contributed by atoms with Crippen molar-refractivity contribution in [2.45, 2.75) is 83.3 Å². The number of nitrogens with zero attached hydrogens (tertiary/aromatic N) is 1. The van der Waals surface area contributed by atoms with Crippen molar-refractivity contribution in [2.75, 3.05) is 33.4 Å². The van der Waals surface area contributed by atoms with Gasteiger partial charge in [-0.15, -0.1) is 0 Å². The molecule has 1 fully saturated rings. The van der Waals surface area contributed by atoms with Crippen LogP contribution < -0.4 is 11.1 Å². The average molecular weight is 614 g/mol. The molecule has 10 heteroatoms. The Balaban J connectivity index is 1.86. The normalized spacial score (nSPS) is 17.0. The number of amides is 2. The van der Waals surface area contributed by atoms with Crippen molar-refractivity contribution in [1.82, 2.24) is 10.2 Å². The molecule has 3 atom stereocenters. The van der Waals surface area contributed by atoms with E-state index in [4.69, 9.17) is 10.5 Å². The molecule has 0 radical (unpaired) electrons. The molecule has 1 aliphatic rings. The van der Waals surface area contributed by atoms with Crippen LogP contribution in [0, 0.1) is 11.7 Å². The van der Waals surface area contributed by atoms with Gasteiger partial charge in [-0.3, -0.25) is 9.59 Å². The third-order valence-electron chi connectivity index (χ3n) is 8.46. The number of halogens is 1. The van der Waals surface area contributed by atoms with E-state index in [-0.39, 0.29) is 38.3 Å². The number of carbonyl (C=O) groups is 3. The molecule has 1 saturated heterocycles. The highest BCUT2D eigenvalue weighted by Gasteiger charge is 2.43. The number of rotatable bonds is 15. The third kappa shape index (κ3) is 9.25. The highest BCUT2D eigenvalue weighted by Crippen LogP contribution is 2.44. The number of benzene rings is 2. The van der Waals surface area contributed by atoms with Crippen LogP contribution in [0.25, 0.3) is 11.1 Å². The van der Waals surface area contributed by atoms with E-state index in [0.29, 0.717) is 49.1 Å². The van der Waals surface area contributed by atoms with Gasteiger partial charge in [0.15, 0.2) is 0 Å². The number of aryl methyl sites for hydroxylation is 1. The fourth-order valence-electron chi connectivity index (χ4n) is 5.88. The fraction of sp³-hybridized carbons (Fsp3) is 0.559. The van der Waals surface area contributed by atoms with Gasteiger partial charge in [-0.1, -0.05) is 56.7 Å². The number of hydrogen-bond donors (Lipinski definition) is 3. The summed E-state index contributed by atoms with van der Waals surface area (Å²) in [5.74, 6) is -1.51. The van der Waals surface area contributed by atoms with Crippen molar-refractivity contribution in [3.8, 4) is 11.1 Å². The summed E-state index contributed by atoms with van der Waals surface area (Å²) in [6.45, 7) is 5.37. The molecule has 1 heterocycles. The van der Waals surface area contributed by atoms with E-state index in [9.17, 15) is 19.5 Å². The van der Waals surface area contributed by atoms with E-state index >= 15 is 4.39 Å². The van der Waals surface area contributed by atoms with Gasteiger partial charge in [0, 0.05) is 37.5 Å². The molecular weight excluding hydrogens is 565 g/mol. The molecule has 1 aliphatic heterocycles. The van der Waals surface area contributed by atoms with Gasteiger partial charge in [0.25, 0.3) is 0 Å². The van der Waals surface area contributed by atoms with Crippen molar-refractivity contribution < 1.29 is 33.4 Å². The maximum Gasteiger partial charge on any atom is 0.406 e. The SMILES string of the molecule is CCCCOC(=O)[C@@H](N)CCC(=O)N1CCC[C@H](C(O)(CCCNC(=O)OC)c2cccc(F)c2-c2cccc(CC)c2)C1. The molecule has 44 heavy (non-hydrogen) atoms. The Kier molecular flexibility index (Phi) is 13.6. The van der Waals surface area contributed by atoms with Crippen LogP contribution in [-0.2, 0) is 31.1 Å². The minimum Gasteiger partial charge on any atom is -0.465 e. The van der Waals surface area contributed by atoms with E-state index in [0.717, 1.165) is 24.8 Å². The van der Waals surface area contributed by atoms with Crippen LogP contribution in [0.1, 0.15) is 76.3 Å². The number of esters is 1.